The van der Waals surface area contributed by atoms with E-state index in [0.717, 1.165) is 0 Å². The minimum atomic E-state index is -4.64. The summed E-state index contributed by atoms with van der Waals surface area (Å²) in [6.07, 6.45) is -11.5. The third-order valence-electron chi connectivity index (χ3n) is 2.29. The zero-order valence-electron chi connectivity index (χ0n) is 10.1. The number of hydrogen-bond acceptors (Lipinski definition) is 3. The maximum atomic E-state index is 12.1. The largest absolute Gasteiger partial charge is 0.393 e. The molecule has 0 amide bonds. The molecule has 2 unspecified atom stereocenters. The first kappa shape index (κ1) is 17.7. The van der Waals surface area contributed by atoms with E-state index < -0.39 is 49.0 Å². The van der Waals surface area contributed by atoms with Gasteiger partial charge >= 0.3 is 24.3 Å². The molecule has 0 aliphatic carbocycles. The molecule has 0 aliphatic rings. The van der Waals surface area contributed by atoms with E-state index in [-0.39, 0.29) is 0 Å². The summed E-state index contributed by atoms with van der Waals surface area (Å²) in [5.74, 6) is -7.06. The number of ether oxygens (including phenoxy) is 1. The van der Waals surface area contributed by atoms with E-state index in [2.05, 4.69) is 4.74 Å². The van der Waals surface area contributed by atoms with E-state index in [1.807, 2.05) is 0 Å². The Hall–Kier alpha value is -1.28. The van der Waals surface area contributed by atoms with Crippen LogP contribution in [0, 0.1) is 11.8 Å². The predicted molar refractivity (Wildman–Crippen MR) is 50.8 cm³/mol. The average Bonchev–Trinajstić information content (AvgIpc) is 2.13. The lowest BCUT2D eigenvalue weighted by Crippen LogP contribution is -2.27. The molecule has 19 heavy (non-hydrogen) atoms. The van der Waals surface area contributed by atoms with Crippen molar-refractivity contribution in [2.24, 2.45) is 11.8 Å². The fraction of sp³-hybridized carbons (Fsp3) is 0.800. The summed E-state index contributed by atoms with van der Waals surface area (Å²) in [5, 5.41) is 0. The number of halogens is 6. The van der Waals surface area contributed by atoms with Crippen LogP contribution in [0.25, 0.3) is 0 Å². The fourth-order valence-corrected chi connectivity index (χ4v) is 0.942. The van der Waals surface area contributed by atoms with Gasteiger partial charge in [-0.1, -0.05) is 13.8 Å². The van der Waals surface area contributed by atoms with Crippen molar-refractivity contribution in [1.82, 2.24) is 0 Å². The van der Waals surface area contributed by atoms with Gasteiger partial charge in [-0.3, -0.25) is 9.59 Å². The van der Waals surface area contributed by atoms with Crippen LogP contribution in [-0.2, 0) is 14.3 Å². The second-order valence-corrected chi connectivity index (χ2v) is 4.14. The monoisotopic (exact) mass is 294 g/mol. The van der Waals surface area contributed by atoms with Gasteiger partial charge in [0.1, 0.15) is 0 Å². The van der Waals surface area contributed by atoms with Crippen molar-refractivity contribution in [2.45, 2.75) is 39.0 Å². The lowest BCUT2D eigenvalue weighted by molar-refractivity contribution is -0.188. The van der Waals surface area contributed by atoms with Crippen LogP contribution in [0.2, 0.25) is 0 Å². The first-order valence-corrected chi connectivity index (χ1v) is 5.21. The van der Waals surface area contributed by atoms with Gasteiger partial charge < -0.3 is 4.74 Å². The van der Waals surface area contributed by atoms with Crippen molar-refractivity contribution >= 4 is 11.9 Å². The highest BCUT2D eigenvalue weighted by Gasteiger charge is 2.39. The second-order valence-electron chi connectivity index (χ2n) is 4.14. The Labute approximate surface area is 104 Å². The van der Waals surface area contributed by atoms with Crippen LogP contribution >= 0.6 is 0 Å². The van der Waals surface area contributed by atoms with Crippen LogP contribution in [0.4, 0.5) is 26.3 Å². The van der Waals surface area contributed by atoms with Crippen molar-refractivity contribution in [2.75, 3.05) is 0 Å². The first-order chi connectivity index (χ1) is 8.34. The summed E-state index contributed by atoms with van der Waals surface area (Å²) in [6.45, 7) is 1.40. The van der Waals surface area contributed by atoms with Crippen LogP contribution in [0.5, 0.6) is 0 Å². The fourth-order valence-electron chi connectivity index (χ4n) is 0.942. The molecule has 3 nitrogen and oxygen atoms in total. The number of hydrogen-bond donors (Lipinski definition) is 0. The zero-order chi connectivity index (χ0) is 15.4. The Morgan fingerprint density at radius 1 is 0.842 bits per heavy atom. The predicted octanol–water partition coefficient (Wildman–Crippen LogP) is 3.23. The Balaban J connectivity index is 4.25. The van der Waals surface area contributed by atoms with Gasteiger partial charge in [0.25, 0.3) is 0 Å². The van der Waals surface area contributed by atoms with Gasteiger partial charge in [0.15, 0.2) is 0 Å². The van der Waals surface area contributed by atoms with Crippen LogP contribution in [0.3, 0.4) is 0 Å². The molecule has 0 spiro atoms. The summed E-state index contributed by atoms with van der Waals surface area (Å²) >= 11 is 0. The van der Waals surface area contributed by atoms with Crippen LogP contribution in [0.1, 0.15) is 26.7 Å². The molecule has 0 aromatic carbocycles. The highest BCUT2D eigenvalue weighted by molar-refractivity contribution is 5.85. The highest BCUT2D eigenvalue weighted by Crippen LogP contribution is 2.30. The van der Waals surface area contributed by atoms with Gasteiger partial charge in [0.2, 0.25) is 0 Å². The third-order valence-corrected chi connectivity index (χ3v) is 2.29. The van der Waals surface area contributed by atoms with Crippen molar-refractivity contribution < 1.29 is 40.7 Å². The maximum absolute atomic E-state index is 12.1. The van der Waals surface area contributed by atoms with Gasteiger partial charge in [0, 0.05) is 0 Å². The second kappa shape index (κ2) is 6.25. The molecule has 0 aromatic heterocycles. The van der Waals surface area contributed by atoms with Crippen molar-refractivity contribution in [3.8, 4) is 0 Å². The minimum absolute atomic E-state index is 0.698. The van der Waals surface area contributed by atoms with E-state index in [4.69, 9.17) is 0 Å². The summed E-state index contributed by atoms with van der Waals surface area (Å²) in [6, 6.07) is 0. The Bertz CT molecular complexity index is 301. The van der Waals surface area contributed by atoms with Crippen LogP contribution in [0.15, 0.2) is 0 Å². The van der Waals surface area contributed by atoms with E-state index in [9.17, 15) is 35.9 Å². The van der Waals surface area contributed by atoms with Crippen molar-refractivity contribution in [3.63, 3.8) is 0 Å². The zero-order valence-corrected chi connectivity index (χ0v) is 10.1. The molecular formula is C10H12F6O3. The van der Waals surface area contributed by atoms with Gasteiger partial charge in [-0.05, 0) is 0 Å². The Morgan fingerprint density at radius 2 is 1.11 bits per heavy atom. The number of esters is 2. The highest BCUT2D eigenvalue weighted by atomic mass is 19.4. The molecule has 0 radical (unpaired) electrons. The molecule has 0 saturated carbocycles. The molecule has 0 aromatic rings. The molecule has 0 aliphatic heterocycles. The number of carbonyl (C=O) groups is 2. The van der Waals surface area contributed by atoms with Crippen LogP contribution in [-0.4, -0.2) is 24.3 Å². The average molecular weight is 294 g/mol. The third kappa shape index (κ3) is 7.02. The molecule has 0 saturated heterocycles. The normalized spacial score (nSPS) is 15.8. The van der Waals surface area contributed by atoms with E-state index in [0.29, 0.717) is 13.8 Å². The molecule has 9 heteroatoms. The van der Waals surface area contributed by atoms with Crippen molar-refractivity contribution in [3.05, 3.63) is 0 Å². The van der Waals surface area contributed by atoms with E-state index in [1.165, 1.54) is 0 Å². The lowest BCUT2D eigenvalue weighted by atomic mass is 10.1. The topological polar surface area (TPSA) is 43.4 Å². The smallest absolute Gasteiger partial charge is 0.392 e. The van der Waals surface area contributed by atoms with Gasteiger partial charge in [-0.25, -0.2) is 0 Å². The molecule has 0 fully saturated rings. The van der Waals surface area contributed by atoms with Crippen LogP contribution < -0.4 is 0 Å². The van der Waals surface area contributed by atoms with Gasteiger partial charge in [-0.15, -0.1) is 0 Å². The van der Waals surface area contributed by atoms with E-state index >= 15 is 0 Å². The molecule has 0 heterocycles. The Morgan fingerprint density at radius 3 is 1.32 bits per heavy atom. The molecule has 0 N–H and O–H groups in total. The lowest BCUT2D eigenvalue weighted by Gasteiger charge is -2.16. The summed E-state index contributed by atoms with van der Waals surface area (Å²) in [5.41, 5.74) is 0. The maximum Gasteiger partial charge on any atom is 0.392 e. The number of rotatable bonds is 4. The van der Waals surface area contributed by atoms with Gasteiger partial charge in [-0.2, -0.15) is 26.3 Å². The molecular weight excluding hydrogens is 282 g/mol. The summed E-state index contributed by atoms with van der Waals surface area (Å²) < 4.78 is 76.3. The van der Waals surface area contributed by atoms with Gasteiger partial charge in [0.05, 0.1) is 24.7 Å². The standard InChI is InChI=1S/C10H12F6O3/c1-5(9(11,12)13)3-7(17)19-8(18)4-6(2)10(14,15)16/h5-6H,3-4H2,1-2H3. The quantitative estimate of drug-likeness (QED) is 0.454. The number of alkyl halides is 6. The molecule has 0 bridgehead atoms. The summed E-state index contributed by atoms with van der Waals surface area (Å²) in [7, 11) is 0. The SMILES string of the molecule is CC(CC(=O)OC(=O)CC(C)C(F)(F)F)C(F)(F)F. The summed E-state index contributed by atoms with van der Waals surface area (Å²) in [4.78, 5) is 21.8. The molecule has 0 rings (SSSR count). The van der Waals surface area contributed by atoms with E-state index in [1.54, 1.807) is 0 Å². The number of carbonyl (C=O) groups excluding carboxylic acids is 2. The molecule has 112 valence electrons. The van der Waals surface area contributed by atoms with Crippen molar-refractivity contribution in [1.29, 1.82) is 0 Å². The minimum Gasteiger partial charge on any atom is -0.393 e. The first-order valence-electron chi connectivity index (χ1n) is 5.21. The molecule has 2 atom stereocenters. The Kier molecular flexibility index (Phi) is 5.83.